The van der Waals surface area contributed by atoms with Crippen LogP contribution in [0.3, 0.4) is 0 Å². The lowest BCUT2D eigenvalue weighted by atomic mass is 10.1. The number of nitrogens with zero attached hydrogens (tertiary/aromatic N) is 2. The molecule has 1 amide bonds. The summed E-state index contributed by atoms with van der Waals surface area (Å²) in [6.07, 6.45) is 1.56. The molecular weight excluding hydrogens is 336 g/mol. The molecule has 1 heterocycles. The van der Waals surface area contributed by atoms with E-state index in [2.05, 4.69) is 0 Å². The van der Waals surface area contributed by atoms with Gasteiger partial charge in [0.1, 0.15) is 0 Å². The number of amides is 1. The molecule has 1 saturated heterocycles. The highest BCUT2D eigenvalue weighted by molar-refractivity contribution is 7.92. The van der Waals surface area contributed by atoms with Crippen molar-refractivity contribution in [3.63, 3.8) is 0 Å². The predicted octanol–water partition coefficient (Wildman–Crippen LogP) is 3.20. The number of aryl methyl sites for hydroxylation is 1. The second kappa shape index (κ2) is 6.88. The zero-order valence-electron chi connectivity index (χ0n) is 14.5. The van der Waals surface area contributed by atoms with Crippen LogP contribution in [0.4, 0.5) is 11.4 Å². The molecule has 25 heavy (non-hydrogen) atoms. The molecule has 0 radical (unpaired) electrons. The molecule has 0 bridgehead atoms. The van der Waals surface area contributed by atoms with Crippen molar-refractivity contribution in [1.82, 2.24) is 0 Å². The van der Waals surface area contributed by atoms with E-state index in [0.717, 1.165) is 17.7 Å². The summed E-state index contributed by atoms with van der Waals surface area (Å²) in [6, 6.07) is 14.6. The van der Waals surface area contributed by atoms with Crippen LogP contribution in [-0.2, 0) is 10.0 Å². The van der Waals surface area contributed by atoms with E-state index < -0.39 is 10.0 Å². The third-order valence-corrected chi connectivity index (χ3v) is 6.37. The maximum absolute atomic E-state index is 12.7. The predicted molar refractivity (Wildman–Crippen MR) is 101 cm³/mol. The minimum absolute atomic E-state index is 0.123. The Morgan fingerprint density at radius 3 is 2.44 bits per heavy atom. The Kier molecular flexibility index (Phi) is 4.81. The van der Waals surface area contributed by atoms with Crippen LogP contribution in [0.15, 0.2) is 48.5 Å². The van der Waals surface area contributed by atoms with Gasteiger partial charge in [0.05, 0.1) is 11.4 Å². The van der Waals surface area contributed by atoms with E-state index in [0.29, 0.717) is 24.2 Å². The lowest BCUT2D eigenvalue weighted by Crippen LogP contribution is -2.38. The molecule has 0 N–H and O–H groups in total. The first-order valence-electron chi connectivity index (χ1n) is 8.34. The summed E-state index contributed by atoms with van der Waals surface area (Å²) in [4.78, 5) is 14.3. The summed E-state index contributed by atoms with van der Waals surface area (Å²) in [5, 5.41) is 0. The van der Waals surface area contributed by atoms with Crippen LogP contribution in [0.1, 0.15) is 28.8 Å². The molecule has 0 atom stereocenters. The van der Waals surface area contributed by atoms with Gasteiger partial charge in [0.25, 0.3) is 5.91 Å². The number of anilines is 2. The van der Waals surface area contributed by atoms with Crippen molar-refractivity contribution in [1.29, 1.82) is 0 Å². The summed E-state index contributed by atoms with van der Waals surface area (Å²) in [7, 11) is -1.52. The van der Waals surface area contributed by atoms with Gasteiger partial charge in [-0.25, -0.2) is 8.42 Å². The minimum Gasteiger partial charge on any atom is -0.311 e. The number of hydrogen-bond donors (Lipinski definition) is 0. The third-order valence-electron chi connectivity index (χ3n) is 4.51. The fourth-order valence-corrected chi connectivity index (χ4v) is 4.79. The van der Waals surface area contributed by atoms with Gasteiger partial charge in [-0.05, 0) is 55.7 Å². The van der Waals surface area contributed by atoms with Crippen LogP contribution < -0.4 is 9.21 Å². The smallest absolute Gasteiger partial charge is 0.258 e. The van der Waals surface area contributed by atoms with Crippen molar-refractivity contribution in [3.05, 3.63) is 59.7 Å². The van der Waals surface area contributed by atoms with Crippen molar-refractivity contribution < 1.29 is 13.2 Å². The Bertz CT molecular complexity index is 879. The fourth-order valence-electron chi connectivity index (χ4n) is 3.09. The average Bonchev–Trinajstić information content (AvgIpc) is 2.61. The van der Waals surface area contributed by atoms with Gasteiger partial charge >= 0.3 is 0 Å². The quantitative estimate of drug-likeness (QED) is 0.847. The highest BCUT2D eigenvalue weighted by Gasteiger charge is 2.27. The maximum Gasteiger partial charge on any atom is 0.258 e. The Hall–Kier alpha value is -2.34. The maximum atomic E-state index is 12.7. The number of hydrogen-bond acceptors (Lipinski definition) is 3. The summed E-state index contributed by atoms with van der Waals surface area (Å²) in [5.41, 5.74) is 2.81. The first-order chi connectivity index (χ1) is 11.9. The lowest BCUT2D eigenvalue weighted by Gasteiger charge is -2.29. The van der Waals surface area contributed by atoms with E-state index in [-0.39, 0.29) is 11.7 Å². The molecule has 0 unspecified atom stereocenters. The van der Waals surface area contributed by atoms with Gasteiger partial charge in [-0.2, -0.15) is 0 Å². The highest BCUT2D eigenvalue weighted by atomic mass is 32.2. The first-order valence-corrected chi connectivity index (χ1v) is 9.95. The van der Waals surface area contributed by atoms with Crippen molar-refractivity contribution in [3.8, 4) is 0 Å². The molecule has 1 aliphatic heterocycles. The Labute approximate surface area is 148 Å². The van der Waals surface area contributed by atoms with Gasteiger partial charge in [0.2, 0.25) is 10.0 Å². The van der Waals surface area contributed by atoms with Gasteiger partial charge in [0.15, 0.2) is 0 Å². The molecule has 3 rings (SSSR count). The van der Waals surface area contributed by atoms with Gasteiger partial charge in [-0.1, -0.05) is 18.2 Å². The Morgan fingerprint density at radius 1 is 1.08 bits per heavy atom. The highest BCUT2D eigenvalue weighted by Crippen LogP contribution is 2.28. The largest absolute Gasteiger partial charge is 0.311 e. The number of carbonyl (C=O) groups is 1. The molecule has 0 saturated carbocycles. The van der Waals surface area contributed by atoms with Gasteiger partial charge in [0, 0.05) is 24.8 Å². The standard InChI is InChI=1S/C19H22N2O3S/c1-15-14-16(19(22)20(2)17-8-4-3-5-9-17)10-11-18(15)21-12-6-7-13-25(21,23)24/h3-5,8-11,14H,6-7,12-13H2,1-2H3. The van der Waals surface area contributed by atoms with E-state index in [1.807, 2.05) is 37.3 Å². The van der Waals surface area contributed by atoms with Crippen LogP contribution in [0.25, 0.3) is 0 Å². The summed E-state index contributed by atoms with van der Waals surface area (Å²) in [5.74, 6) is 0.0616. The van der Waals surface area contributed by atoms with Crippen LogP contribution in [0.2, 0.25) is 0 Å². The number of benzene rings is 2. The van der Waals surface area contributed by atoms with E-state index in [4.69, 9.17) is 0 Å². The van der Waals surface area contributed by atoms with Crippen molar-refractivity contribution >= 4 is 27.3 Å². The fraction of sp³-hybridized carbons (Fsp3) is 0.316. The normalized spacial score (nSPS) is 16.5. The molecule has 0 aromatic heterocycles. The Morgan fingerprint density at radius 2 is 1.80 bits per heavy atom. The molecule has 0 spiro atoms. The van der Waals surface area contributed by atoms with Crippen molar-refractivity contribution in [2.24, 2.45) is 0 Å². The lowest BCUT2D eigenvalue weighted by molar-refractivity contribution is 0.0993. The van der Waals surface area contributed by atoms with E-state index >= 15 is 0 Å². The molecule has 6 heteroatoms. The minimum atomic E-state index is -3.25. The second-order valence-electron chi connectivity index (χ2n) is 6.30. The first kappa shape index (κ1) is 17.5. The molecule has 0 aliphatic carbocycles. The topological polar surface area (TPSA) is 57.7 Å². The monoisotopic (exact) mass is 358 g/mol. The molecule has 1 aliphatic rings. The average molecular weight is 358 g/mol. The molecule has 5 nitrogen and oxygen atoms in total. The zero-order valence-corrected chi connectivity index (χ0v) is 15.3. The number of para-hydroxylation sites is 1. The zero-order chi connectivity index (χ0) is 18.0. The summed E-state index contributed by atoms with van der Waals surface area (Å²) < 4.78 is 26.1. The van der Waals surface area contributed by atoms with Gasteiger partial charge in [-0.15, -0.1) is 0 Å². The Balaban J connectivity index is 1.88. The molecule has 2 aromatic carbocycles. The van der Waals surface area contributed by atoms with Gasteiger partial charge < -0.3 is 4.90 Å². The van der Waals surface area contributed by atoms with Crippen LogP contribution in [0.5, 0.6) is 0 Å². The van der Waals surface area contributed by atoms with Crippen LogP contribution >= 0.6 is 0 Å². The molecule has 132 valence electrons. The number of sulfonamides is 1. The van der Waals surface area contributed by atoms with Crippen molar-refractivity contribution in [2.75, 3.05) is 28.6 Å². The number of carbonyl (C=O) groups excluding carboxylic acids is 1. The van der Waals surface area contributed by atoms with Gasteiger partial charge in [-0.3, -0.25) is 9.10 Å². The van der Waals surface area contributed by atoms with Crippen LogP contribution in [0, 0.1) is 6.92 Å². The van der Waals surface area contributed by atoms with E-state index in [9.17, 15) is 13.2 Å². The second-order valence-corrected chi connectivity index (χ2v) is 8.31. The van der Waals surface area contributed by atoms with Crippen molar-refractivity contribution in [2.45, 2.75) is 19.8 Å². The van der Waals surface area contributed by atoms with E-state index in [1.54, 1.807) is 30.1 Å². The molecular formula is C19H22N2O3S. The summed E-state index contributed by atoms with van der Waals surface area (Å²) >= 11 is 0. The molecule has 2 aromatic rings. The molecule has 1 fully saturated rings. The SMILES string of the molecule is Cc1cc(C(=O)N(C)c2ccccc2)ccc1N1CCCCS1(=O)=O. The van der Waals surface area contributed by atoms with E-state index in [1.165, 1.54) is 4.31 Å². The van der Waals surface area contributed by atoms with Crippen LogP contribution in [-0.4, -0.2) is 33.7 Å². The summed E-state index contributed by atoms with van der Waals surface area (Å²) in [6.45, 7) is 2.35. The number of rotatable bonds is 3. The third kappa shape index (κ3) is 3.54.